The van der Waals surface area contributed by atoms with Gasteiger partial charge < -0.3 is 0 Å². The quantitative estimate of drug-likeness (QED) is 0.124. The number of fused-ring (bicyclic) bond motifs is 2. The maximum atomic E-state index is 3.07. The first kappa shape index (κ1) is 50.0. The molecule has 10 aliphatic carbocycles. The molecule has 8 bridgehead atoms. The Hall–Kier alpha value is -1.53. The number of hydrogen-bond acceptors (Lipinski definition) is 0. The molecule has 0 nitrogen and oxygen atoms in total. The molecule has 0 spiro atoms. The van der Waals surface area contributed by atoms with Gasteiger partial charge in [0.25, 0.3) is 0 Å². The van der Waals surface area contributed by atoms with Crippen LogP contribution in [0.4, 0.5) is 0 Å². The molecule has 0 radical (unpaired) electrons. The van der Waals surface area contributed by atoms with E-state index in [0.29, 0.717) is 7.25 Å². The summed E-state index contributed by atoms with van der Waals surface area (Å²) in [5, 5.41) is 3.14. The van der Waals surface area contributed by atoms with E-state index in [9.17, 15) is 0 Å². The Labute approximate surface area is 429 Å². The van der Waals surface area contributed by atoms with Crippen LogP contribution in [-0.2, 0) is 17.4 Å². The van der Waals surface area contributed by atoms with Gasteiger partial charge in [-0.3, -0.25) is 0 Å². The molecule has 0 amide bonds. The second-order valence-electron chi connectivity index (χ2n) is 27.4. The number of halogens is 2. The Morgan fingerprint density at radius 3 is 1.13 bits per heavy atom. The molecule has 14 rings (SSSR count). The minimum absolute atomic E-state index is 0. The summed E-state index contributed by atoms with van der Waals surface area (Å²) in [4.78, 5) is 0. The van der Waals surface area contributed by atoms with Gasteiger partial charge in [0, 0.05) is 0 Å². The third kappa shape index (κ3) is 8.44. The van der Waals surface area contributed by atoms with Crippen molar-refractivity contribution in [1.82, 2.24) is 0 Å². The number of benzene rings is 4. The van der Waals surface area contributed by atoms with Crippen molar-refractivity contribution in [3.05, 3.63) is 118 Å². The van der Waals surface area contributed by atoms with Gasteiger partial charge in [0.05, 0.1) is 0 Å². The van der Waals surface area contributed by atoms with Gasteiger partial charge in [-0.15, -0.1) is 24.8 Å². The molecule has 0 N–H and O–H groups in total. The third-order valence-corrected chi connectivity index (χ3v) is 48.5. The molecule has 0 aromatic heterocycles. The molecular weight excluding hydrogens is 991 g/mol. The van der Waals surface area contributed by atoms with Gasteiger partial charge in [-0.25, -0.2) is 0 Å². The van der Waals surface area contributed by atoms with Crippen LogP contribution in [0, 0.1) is 59.2 Å². The van der Waals surface area contributed by atoms with Gasteiger partial charge in [0.2, 0.25) is 0 Å². The molecule has 0 saturated heterocycles. The van der Waals surface area contributed by atoms with Crippen molar-refractivity contribution in [3.63, 3.8) is 0 Å². The van der Waals surface area contributed by atoms with Gasteiger partial charge in [0.15, 0.2) is 0 Å². The minimum atomic E-state index is -4.09. The van der Waals surface area contributed by atoms with E-state index in [2.05, 4.69) is 155 Å². The zero-order valence-corrected chi connectivity index (χ0v) is 50.6. The van der Waals surface area contributed by atoms with Crippen molar-refractivity contribution in [2.75, 3.05) is 0 Å². The van der Waals surface area contributed by atoms with E-state index in [1.807, 2.05) is 11.1 Å². The number of hydrogen-bond donors (Lipinski definition) is 0. The zero-order chi connectivity index (χ0) is 45.5. The smallest absolute Gasteiger partial charge is 0.147 e. The first-order valence-electron chi connectivity index (χ1n) is 27.5. The van der Waals surface area contributed by atoms with Crippen LogP contribution in [0.5, 0.6) is 0 Å². The Kier molecular flexibility index (Phi) is 13.3. The van der Waals surface area contributed by atoms with Gasteiger partial charge in [-0.05, 0) is 0 Å². The largest absolute Gasteiger partial charge is 0.147 e. The molecule has 6 heteroatoms. The van der Waals surface area contributed by atoms with Crippen molar-refractivity contribution in [3.8, 4) is 22.3 Å². The molecule has 2 atom stereocenters. The van der Waals surface area contributed by atoms with E-state index >= 15 is 0 Å². The van der Waals surface area contributed by atoms with E-state index in [1.165, 1.54) is 97.0 Å². The van der Waals surface area contributed by atoms with Gasteiger partial charge in [-0.2, -0.15) is 0 Å². The van der Waals surface area contributed by atoms with Crippen LogP contribution in [0.1, 0.15) is 120 Å². The summed E-state index contributed by atoms with van der Waals surface area (Å²) in [7, 11) is -2.80. The minimum Gasteiger partial charge on any atom is -0.147 e. The maximum absolute atomic E-state index is 4.09. The number of allylic oxidation sites excluding steroid dienone is 2. The molecular formula is C62H84Cl2Si3Zr. The molecule has 0 heterocycles. The average molecular weight is 1080 g/mol. The summed E-state index contributed by atoms with van der Waals surface area (Å²) in [5.74, 6) is 9.69. The van der Waals surface area contributed by atoms with Crippen LogP contribution < -0.4 is 10.4 Å². The molecule has 10 aliphatic rings. The topological polar surface area (TPSA) is 0 Å². The van der Waals surface area contributed by atoms with Crippen LogP contribution >= 0.6 is 24.8 Å². The fraction of sp³-hybridized carbons (Fsp3) is 0.548. The summed E-state index contributed by atoms with van der Waals surface area (Å²) >= 11 is -4.09. The van der Waals surface area contributed by atoms with Crippen molar-refractivity contribution < 1.29 is 17.4 Å². The first-order valence-corrected chi connectivity index (χ1v) is 47.4. The van der Waals surface area contributed by atoms with E-state index in [4.69, 9.17) is 0 Å². The summed E-state index contributed by atoms with van der Waals surface area (Å²) < 4.78 is 5.70. The molecule has 8 fully saturated rings. The second-order valence-corrected chi connectivity index (χ2v) is 66.0. The van der Waals surface area contributed by atoms with E-state index in [0.717, 1.165) is 59.2 Å². The summed E-state index contributed by atoms with van der Waals surface area (Å²) in [6, 6.07) is 35.3. The fourth-order valence-corrected chi connectivity index (χ4v) is 46.7. The van der Waals surface area contributed by atoms with E-state index < -0.39 is 33.5 Å². The molecule has 4 aromatic carbocycles. The Morgan fingerprint density at radius 1 is 0.485 bits per heavy atom. The number of rotatable bonds is 12. The summed E-state index contributed by atoms with van der Waals surface area (Å²) in [6.07, 6.45) is 25.1. The predicted molar refractivity (Wildman–Crippen MR) is 305 cm³/mol. The van der Waals surface area contributed by atoms with Crippen molar-refractivity contribution >= 4 is 70.4 Å². The van der Waals surface area contributed by atoms with Crippen LogP contribution in [0.25, 0.3) is 34.4 Å². The summed E-state index contributed by atoms with van der Waals surface area (Å²) in [6.45, 7) is 20.3. The monoisotopic (exact) mass is 1070 g/mol. The maximum Gasteiger partial charge on any atom is -0.147 e. The predicted octanol–water partition coefficient (Wildman–Crippen LogP) is 16.6. The SMILES string of the molecule is CC[CH2][Zr]([CH3])(=[SiH2])([CH]1C(CC2C3CC4CC(C3)CC2C4)=Cc2c(-c3ccc([Si](C)(C)C)cc3)cccc21)[CH]1C(CC2C3CC4CC(C3)CC2C4)=Cc2c(-c3ccc([Si](C)(C)C)cc3)cccc21.Cl.Cl. The Bertz CT molecular complexity index is 2460. The van der Waals surface area contributed by atoms with Crippen LogP contribution in [0.2, 0.25) is 48.0 Å². The Morgan fingerprint density at radius 2 is 0.824 bits per heavy atom. The van der Waals surface area contributed by atoms with E-state index in [-0.39, 0.29) is 24.8 Å². The molecule has 4 aromatic rings. The normalized spacial score (nSPS) is 32.0. The fourth-order valence-electron chi connectivity index (χ4n) is 18.6. The van der Waals surface area contributed by atoms with Crippen molar-refractivity contribution in [2.45, 2.75) is 146 Å². The average Bonchev–Trinajstić information content (AvgIpc) is 3.85. The third-order valence-electron chi connectivity index (χ3n) is 20.9. The molecule has 362 valence electrons. The Balaban J connectivity index is 0.00000269. The van der Waals surface area contributed by atoms with Gasteiger partial charge >= 0.3 is 408 Å². The van der Waals surface area contributed by atoms with Crippen LogP contribution in [-0.4, -0.2) is 23.0 Å². The standard InChI is InChI=1S/2C29H35Si.C3H7.CH3.2ClH.H2Si.Zr/c2*1-30(2,3)26-9-7-22(8-10-26)27-6-4-5-23-12-21(18-29(23)27)17-28-24-13-19-11-20(15-24)16-25(28)14-19;1-3-2;;;;;/h2*4-10,12,18-20,24-25,28H,11,13-17H2,1-3H3;1,3H2,2H3;1H3;2*1H;1H2;. The van der Waals surface area contributed by atoms with Crippen LogP contribution in [0.15, 0.2) is 96.1 Å². The van der Waals surface area contributed by atoms with Crippen LogP contribution in [0.3, 0.4) is 0 Å². The second kappa shape index (κ2) is 18.1. The zero-order valence-electron chi connectivity index (χ0n) is 43.1. The van der Waals surface area contributed by atoms with Gasteiger partial charge in [-0.1, -0.05) is 0 Å². The molecule has 2 unspecified atom stereocenters. The molecule has 0 aliphatic heterocycles. The molecule has 8 saturated carbocycles. The molecule has 68 heavy (non-hydrogen) atoms. The van der Waals surface area contributed by atoms with Crippen molar-refractivity contribution in [2.24, 2.45) is 59.2 Å². The summed E-state index contributed by atoms with van der Waals surface area (Å²) in [5.41, 5.74) is 16.3. The van der Waals surface area contributed by atoms with Gasteiger partial charge in [0.1, 0.15) is 0 Å². The van der Waals surface area contributed by atoms with E-state index in [1.54, 1.807) is 45.5 Å². The first-order chi connectivity index (χ1) is 31.5. The van der Waals surface area contributed by atoms with Crippen molar-refractivity contribution in [1.29, 1.82) is 0 Å².